The van der Waals surface area contributed by atoms with Gasteiger partial charge in [0.05, 0.1) is 42.1 Å². The first-order valence-corrected chi connectivity index (χ1v) is 10.7. The number of ether oxygens (including phenoxy) is 2. The molecule has 1 atom stereocenters. The van der Waals surface area contributed by atoms with Crippen LogP contribution in [0.1, 0.15) is 18.4 Å². The first-order chi connectivity index (χ1) is 15.1. The number of amides is 1. The summed E-state index contributed by atoms with van der Waals surface area (Å²) in [5, 5.41) is 9.41. The van der Waals surface area contributed by atoms with Crippen LogP contribution < -0.4 is 4.90 Å². The summed E-state index contributed by atoms with van der Waals surface area (Å²) in [4.78, 5) is 25.9. The number of likely N-dealkylation sites (N-methyl/N-ethyl adjacent to an activating group) is 1. The summed E-state index contributed by atoms with van der Waals surface area (Å²) in [7, 11) is 1.84. The van der Waals surface area contributed by atoms with E-state index in [1.54, 1.807) is 23.2 Å². The molecule has 0 bridgehead atoms. The number of piperidine rings is 1. The van der Waals surface area contributed by atoms with Crippen molar-refractivity contribution in [1.82, 2.24) is 14.9 Å². The molecule has 1 aromatic carbocycles. The van der Waals surface area contributed by atoms with Gasteiger partial charge in [-0.1, -0.05) is 23.4 Å². The highest BCUT2D eigenvalue weighted by atomic mass is 35.5. The van der Waals surface area contributed by atoms with Crippen molar-refractivity contribution < 1.29 is 19.4 Å². The molecule has 9 heteroatoms. The lowest BCUT2D eigenvalue weighted by atomic mass is 10.0. The van der Waals surface area contributed by atoms with Crippen molar-refractivity contribution in [3.63, 3.8) is 0 Å². The van der Waals surface area contributed by atoms with Crippen LogP contribution in [0.3, 0.4) is 0 Å². The maximum absolute atomic E-state index is 12.7. The number of halogens is 1. The summed E-state index contributed by atoms with van der Waals surface area (Å²) in [6, 6.07) is 3.68. The van der Waals surface area contributed by atoms with Crippen molar-refractivity contribution in [3.05, 3.63) is 28.9 Å². The van der Waals surface area contributed by atoms with Gasteiger partial charge in [-0.3, -0.25) is 9.78 Å². The van der Waals surface area contributed by atoms with Gasteiger partial charge in [0.2, 0.25) is 0 Å². The molecular formula is C22H25ClN4O4. The Kier molecular flexibility index (Phi) is 6.88. The normalized spacial score (nSPS) is 19.7. The van der Waals surface area contributed by atoms with Crippen LogP contribution in [0.4, 0.5) is 5.82 Å². The van der Waals surface area contributed by atoms with E-state index in [-0.39, 0.29) is 18.6 Å². The van der Waals surface area contributed by atoms with Gasteiger partial charge in [-0.25, -0.2) is 4.98 Å². The fourth-order valence-electron chi connectivity index (χ4n) is 3.93. The average molecular weight is 445 g/mol. The molecule has 2 aromatic rings. The number of carbonyl (C=O) groups is 1. The van der Waals surface area contributed by atoms with Crippen molar-refractivity contribution in [2.45, 2.75) is 25.0 Å². The summed E-state index contributed by atoms with van der Waals surface area (Å²) in [5.41, 5.74) is 2.01. The Hall–Kier alpha value is -2.44. The quantitative estimate of drug-likeness (QED) is 0.717. The smallest absolute Gasteiger partial charge is 0.254 e. The minimum absolute atomic E-state index is 0.0166. The zero-order valence-electron chi connectivity index (χ0n) is 17.4. The number of aliphatic hydroxyl groups is 1. The van der Waals surface area contributed by atoms with Gasteiger partial charge < -0.3 is 24.4 Å². The lowest BCUT2D eigenvalue weighted by Gasteiger charge is -2.38. The van der Waals surface area contributed by atoms with Gasteiger partial charge in [0.15, 0.2) is 6.10 Å². The van der Waals surface area contributed by atoms with Crippen molar-refractivity contribution >= 4 is 34.4 Å². The highest BCUT2D eigenvalue weighted by Crippen LogP contribution is 2.25. The van der Waals surface area contributed by atoms with Crippen LogP contribution in [-0.4, -0.2) is 84.6 Å². The number of rotatable bonds is 3. The molecule has 0 aliphatic carbocycles. The zero-order valence-corrected chi connectivity index (χ0v) is 18.1. The van der Waals surface area contributed by atoms with E-state index in [1.165, 1.54) is 0 Å². The van der Waals surface area contributed by atoms with Gasteiger partial charge in [-0.15, -0.1) is 0 Å². The highest BCUT2D eigenvalue weighted by Gasteiger charge is 2.31. The Bertz CT molecular complexity index is 1010. The fourth-order valence-corrected chi connectivity index (χ4v) is 4.13. The monoisotopic (exact) mass is 444 g/mol. The molecular weight excluding hydrogens is 420 g/mol. The van der Waals surface area contributed by atoms with Gasteiger partial charge in [-0.2, -0.15) is 0 Å². The van der Waals surface area contributed by atoms with E-state index in [2.05, 4.69) is 21.7 Å². The second-order valence-corrected chi connectivity index (χ2v) is 8.02. The van der Waals surface area contributed by atoms with Gasteiger partial charge >= 0.3 is 0 Å². The number of anilines is 1. The SMILES string of the molecule is CN(C(=O)[C@@H]1COCCO1)C1CCN(c2cnc3cc(Cl)c(C#CCO)cc3n2)CC1. The van der Waals surface area contributed by atoms with Crippen LogP contribution in [-0.2, 0) is 14.3 Å². The molecule has 0 radical (unpaired) electrons. The number of benzene rings is 1. The third-order valence-corrected chi connectivity index (χ3v) is 6.01. The molecule has 8 nitrogen and oxygen atoms in total. The summed E-state index contributed by atoms with van der Waals surface area (Å²) >= 11 is 6.24. The molecule has 2 saturated heterocycles. The molecule has 1 aromatic heterocycles. The summed E-state index contributed by atoms with van der Waals surface area (Å²) in [5.74, 6) is 6.22. The molecule has 0 unspecified atom stereocenters. The summed E-state index contributed by atoms with van der Waals surface area (Å²) in [6.07, 6.45) is 2.92. The van der Waals surface area contributed by atoms with E-state index in [9.17, 15) is 4.79 Å². The number of fused-ring (bicyclic) bond motifs is 1. The Morgan fingerprint density at radius 3 is 2.84 bits per heavy atom. The number of aromatic nitrogens is 2. The lowest BCUT2D eigenvalue weighted by Crippen LogP contribution is -2.51. The summed E-state index contributed by atoms with van der Waals surface area (Å²) in [6.45, 7) is 2.64. The van der Waals surface area contributed by atoms with E-state index in [0.717, 1.165) is 31.7 Å². The molecule has 1 N–H and O–H groups in total. The Morgan fingerprint density at radius 1 is 1.32 bits per heavy atom. The fraction of sp³-hybridized carbons (Fsp3) is 0.500. The third kappa shape index (κ3) is 4.91. The predicted octanol–water partition coefficient (Wildman–Crippen LogP) is 1.47. The van der Waals surface area contributed by atoms with E-state index < -0.39 is 6.10 Å². The Balaban J connectivity index is 1.43. The molecule has 4 rings (SSSR count). The summed E-state index contributed by atoms with van der Waals surface area (Å²) < 4.78 is 10.9. The highest BCUT2D eigenvalue weighted by molar-refractivity contribution is 6.32. The van der Waals surface area contributed by atoms with Crippen LogP contribution in [0, 0.1) is 11.8 Å². The van der Waals surface area contributed by atoms with Crippen LogP contribution in [0.5, 0.6) is 0 Å². The lowest BCUT2D eigenvalue weighted by molar-refractivity contribution is -0.159. The zero-order chi connectivity index (χ0) is 21.8. The minimum Gasteiger partial charge on any atom is -0.384 e. The third-order valence-electron chi connectivity index (χ3n) is 5.70. The molecule has 31 heavy (non-hydrogen) atoms. The second-order valence-electron chi connectivity index (χ2n) is 7.61. The maximum Gasteiger partial charge on any atom is 0.254 e. The van der Waals surface area contributed by atoms with Crippen molar-refractivity contribution in [3.8, 4) is 11.8 Å². The van der Waals surface area contributed by atoms with Gasteiger partial charge in [0.1, 0.15) is 12.4 Å². The van der Waals surface area contributed by atoms with E-state index in [0.29, 0.717) is 41.4 Å². The van der Waals surface area contributed by atoms with E-state index in [1.807, 2.05) is 7.05 Å². The molecule has 2 fully saturated rings. The Morgan fingerprint density at radius 2 is 2.13 bits per heavy atom. The second kappa shape index (κ2) is 9.79. The molecule has 2 aliphatic rings. The molecule has 0 saturated carbocycles. The Labute approximate surface area is 186 Å². The molecule has 164 valence electrons. The van der Waals surface area contributed by atoms with Crippen LogP contribution >= 0.6 is 11.6 Å². The van der Waals surface area contributed by atoms with Crippen LogP contribution in [0.25, 0.3) is 11.0 Å². The number of nitrogens with zero attached hydrogens (tertiary/aromatic N) is 4. The first kappa shape index (κ1) is 21.8. The van der Waals surface area contributed by atoms with Crippen molar-refractivity contribution in [2.75, 3.05) is 51.5 Å². The number of aliphatic hydroxyl groups excluding tert-OH is 1. The van der Waals surface area contributed by atoms with Crippen molar-refractivity contribution in [2.24, 2.45) is 0 Å². The molecule has 3 heterocycles. The molecule has 2 aliphatic heterocycles. The van der Waals surface area contributed by atoms with Gasteiger partial charge in [0.25, 0.3) is 5.91 Å². The standard InChI is InChI=1S/C22H25ClN4O4/c1-26(22(29)20-14-30-9-10-31-20)16-4-6-27(7-5-16)21-13-24-18-12-17(23)15(3-2-8-28)11-19(18)25-21/h11-13,16,20,28H,4-10,14H2,1H3/t20-/m0/s1. The topological polar surface area (TPSA) is 88.0 Å². The minimum atomic E-state index is -0.502. The number of carbonyl (C=O) groups excluding carboxylic acids is 1. The number of hydrogen-bond donors (Lipinski definition) is 1. The predicted molar refractivity (Wildman–Crippen MR) is 117 cm³/mol. The van der Waals surface area contributed by atoms with Crippen molar-refractivity contribution in [1.29, 1.82) is 0 Å². The van der Waals surface area contributed by atoms with Crippen LogP contribution in [0.2, 0.25) is 5.02 Å². The average Bonchev–Trinajstić information content (AvgIpc) is 2.82. The molecule has 1 amide bonds. The number of hydrogen-bond acceptors (Lipinski definition) is 7. The van der Waals surface area contributed by atoms with Crippen LogP contribution in [0.15, 0.2) is 18.3 Å². The molecule has 0 spiro atoms. The van der Waals surface area contributed by atoms with E-state index >= 15 is 0 Å². The van der Waals surface area contributed by atoms with Gasteiger partial charge in [-0.05, 0) is 25.0 Å². The first-order valence-electron chi connectivity index (χ1n) is 10.3. The van der Waals surface area contributed by atoms with E-state index in [4.69, 9.17) is 31.2 Å². The maximum atomic E-state index is 12.7. The van der Waals surface area contributed by atoms with Gasteiger partial charge in [0, 0.05) is 31.7 Å². The largest absolute Gasteiger partial charge is 0.384 e.